The number of methoxy groups -OCH3 is 1. The van der Waals surface area contributed by atoms with Gasteiger partial charge in [0.25, 0.3) is 0 Å². The Kier molecular flexibility index (Phi) is 2.67. The van der Waals surface area contributed by atoms with Crippen LogP contribution in [0, 0.1) is 0 Å². The van der Waals surface area contributed by atoms with Gasteiger partial charge in [-0.25, -0.2) is 0 Å². The number of rotatable bonds is 2. The third-order valence-corrected chi connectivity index (χ3v) is 2.86. The SMILES string of the molecule is CC=C(C)c1cc2c(c(OC)c1)OCC2. The van der Waals surface area contributed by atoms with Crippen LogP contribution in [-0.4, -0.2) is 13.7 Å². The Morgan fingerprint density at radius 2 is 2.27 bits per heavy atom. The maximum absolute atomic E-state index is 5.54. The van der Waals surface area contributed by atoms with E-state index in [0.29, 0.717) is 0 Å². The van der Waals surface area contributed by atoms with E-state index in [1.54, 1.807) is 7.11 Å². The first kappa shape index (κ1) is 10.1. The standard InChI is InChI=1S/C13H16O2/c1-4-9(2)11-7-10-5-6-15-13(10)12(8-11)14-3/h4,7-8H,5-6H2,1-3H3. The molecule has 0 radical (unpaired) electrons. The highest BCUT2D eigenvalue weighted by Gasteiger charge is 2.18. The Morgan fingerprint density at radius 1 is 1.47 bits per heavy atom. The van der Waals surface area contributed by atoms with Gasteiger partial charge in [-0.1, -0.05) is 6.08 Å². The molecule has 0 unspecified atom stereocenters. The van der Waals surface area contributed by atoms with E-state index in [2.05, 4.69) is 19.1 Å². The number of hydrogen-bond acceptors (Lipinski definition) is 2. The first-order valence-electron chi connectivity index (χ1n) is 5.23. The molecule has 0 amide bonds. The molecule has 0 spiro atoms. The van der Waals surface area contributed by atoms with Gasteiger partial charge in [0.1, 0.15) is 0 Å². The summed E-state index contributed by atoms with van der Waals surface area (Å²) in [6, 6.07) is 4.24. The van der Waals surface area contributed by atoms with Crippen LogP contribution in [0.4, 0.5) is 0 Å². The molecule has 0 atom stereocenters. The zero-order valence-electron chi connectivity index (χ0n) is 9.46. The van der Waals surface area contributed by atoms with E-state index < -0.39 is 0 Å². The maximum atomic E-state index is 5.54. The van der Waals surface area contributed by atoms with Crippen molar-refractivity contribution in [2.24, 2.45) is 0 Å². The second kappa shape index (κ2) is 3.97. The third kappa shape index (κ3) is 1.72. The molecular weight excluding hydrogens is 188 g/mol. The minimum absolute atomic E-state index is 0.768. The zero-order valence-corrected chi connectivity index (χ0v) is 9.46. The predicted octanol–water partition coefficient (Wildman–Crippen LogP) is 3.05. The van der Waals surface area contributed by atoms with Crippen molar-refractivity contribution in [3.8, 4) is 11.5 Å². The van der Waals surface area contributed by atoms with Crippen molar-refractivity contribution in [1.29, 1.82) is 0 Å². The van der Waals surface area contributed by atoms with Crippen molar-refractivity contribution in [3.63, 3.8) is 0 Å². The molecule has 2 rings (SSSR count). The summed E-state index contributed by atoms with van der Waals surface area (Å²) in [6.45, 7) is 4.92. The van der Waals surface area contributed by atoms with Crippen LogP contribution in [0.25, 0.3) is 5.57 Å². The van der Waals surface area contributed by atoms with Gasteiger partial charge in [0, 0.05) is 12.0 Å². The summed E-state index contributed by atoms with van der Waals surface area (Å²) >= 11 is 0. The van der Waals surface area contributed by atoms with E-state index >= 15 is 0 Å². The summed E-state index contributed by atoms with van der Waals surface area (Å²) in [6.07, 6.45) is 3.09. The summed E-state index contributed by atoms with van der Waals surface area (Å²) < 4.78 is 10.9. The van der Waals surface area contributed by atoms with Crippen LogP contribution in [0.15, 0.2) is 18.2 Å². The highest BCUT2D eigenvalue weighted by atomic mass is 16.5. The van der Waals surface area contributed by atoms with E-state index in [1.807, 2.05) is 13.0 Å². The highest BCUT2D eigenvalue weighted by molar-refractivity contribution is 5.68. The van der Waals surface area contributed by atoms with Gasteiger partial charge < -0.3 is 9.47 Å². The molecule has 1 aliphatic heterocycles. The van der Waals surface area contributed by atoms with Gasteiger partial charge in [-0.3, -0.25) is 0 Å². The van der Waals surface area contributed by atoms with Crippen molar-refractivity contribution in [2.45, 2.75) is 20.3 Å². The molecule has 15 heavy (non-hydrogen) atoms. The van der Waals surface area contributed by atoms with Crippen LogP contribution < -0.4 is 9.47 Å². The van der Waals surface area contributed by atoms with Gasteiger partial charge in [0.15, 0.2) is 11.5 Å². The summed E-state index contributed by atoms with van der Waals surface area (Å²) in [4.78, 5) is 0. The van der Waals surface area contributed by atoms with E-state index in [4.69, 9.17) is 9.47 Å². The highest BCUT2D eigenvalue weighted by Crippen LogP contribution is 2.38. The van der Waals surface area contributed by atoms with Crippen molar-refractivity contribution in [3.05, 3.63) is 29.3 Å². The first-order valence-corrected chi connectivity index (χ1v) is 5.23. The predicted molar refractivity (Wildman–Crippen MR) is 61.5 cm³/mol. The Bertz CT molecular complexity index is 405. The minimum Gasteiger partial charge on any atom is -0.493 e. The fourth-order valence-electron chi connectivity index (χ4n) is 1.82. The molecule has 0 aromatic heterocycles. The van der Waals surface area contributed by atoms with E-state index in [0.717, 1.165) is 24.5 Å². The monoisotopic (exact) mass is 204 g/mol. The molecule has 0 bridgehead atoms. The summed E-state index contributed by atoms with van der Waals surface area (Å²) in [5.74, 6) is 1.77. The van der Waals surface area contributed by atoms with Gasteiger partial charge >= 0.3 is 0 Å². The number of ether oxygens (including phenoxy) is 2. The fourth-order valence-corrected chi connectivity index (χ4v) is 1.82. The fraction of sp³-hybridized carbons (Fsp3) is 0.385. The van der Waals surface area contributed by atoms with E-state index in [-0.39, 0.29) is 0 Å². The second-order valence-electron chi connectivity index (χ2n) is 3.74. The largest absolute Gasteiger partial charge is 0.493 e. The molecule has 0 saturated heterocycles. The van der Waals surface area contributed by atoms with E-state index in [1.165, 1.54) is 16.7 Å². The van der Waals surface area contributed by atoms with Crippen LogP contribution in [-0.2, 0) is 6.42 Å². The van der Waals surface area contributed by atoms with Gasteiger partial charge in [-0.05, 0) is 37.1 Å². The lowest BCUT2D eigenvalue weighted by molar-refractivity contribution is 0.326. The van der Waals surface area contributed by atoms with Gasteiger partial charge in [0.2, 0.25) is 0 Å². The molecule has 1 aliphatic rings. The Labute approximate surface area is 90.5 Å². The van der Waals surface area contributed by atoms with Crippen molar-refractivity contribution < 1.29 is 9.47 Å². The van der Waals surface area contributed by atoms with E-state index in [9.17, 15) is 0 Å². The smallest absolute Gasteiger partial charge is 0.164 e. The van der Waals surface area contributed by atoms with Crippen LogP contribution >= 0.6 is 0 Å². The van der Waals surface area contributed by atoms with Gasteiger partial charge in [0.05, 0.1) is 13.7 Å². The lowest BCUT2D eigenvalue weighted by atomic mass is 10.0. The molecule has 0 N–H and O–H groups in total. The molecule has 0 fully saturated rings. The molecule has 1 aromatic carbocycles. The first-order chi connectivity index (χ1) is 7.26. The van der Waals surface area contributed by atoms with Crippen molar-refractivity contribution >= 4 is 5.57 Å². The van der Waals surface area contributed by atoms with Crippen LogP contribution in [0.2, 0.25) is 0 Å². The average molecular weight is 204 g/mol. The lowest BCUT2D eigenvalue weighted by Crippen LogP contribution is -1.91. The zero-order chi connectivity index (χ0) is 10.8. The number of hydrogen-bond donors (Lipinski definition) is 0. The molecule has 1 aromatic rings. The Morgan fingerprint density at radius 3 is 2.93 bits per heavy atom. The Balaban J connectivity index is 2.52. The summed E-state index contributed by atoms with van der Waals surface area (Å²) in [5.41, 5.74) is 3.74. The molecule has 0 saturated carbocycles. The minimum atomic E-state index is 0.768. The number of fused-ring (bicyclic) bond motifs is 1. The van der Waals surface area contributed by atoms with Crippen molar-refractivity contribution in [2.75, 3.05) is 13.7 Å². The average Bonchev–Trinajstić information content (AvgIpc) is 2.74. The topological polar surface area (TPSA) is 18.5 Å². The molecule has 2 nitrogen and oxygen atoms in total. The number of benzene rings is 1. The summed E-state index contributed by atoms with van der Waals surface area (Å²) in [5, 5.41) is 0. The summed E-state index contributed by atoms with van der Waals surface area (Å²) in [7, 11) is 1.69. The van der Waals surface area contributed by atoms with Gasteiger partial charge in [-0.2, -0.15) is 0 Å². The van der Waals surface area contributed by atoms with Gasteiger partial charge in [-0.15, -0.1) is 0 Å². The molecular formula is C13H16O2. The van der Waals surface area contributed by atoms with Crippen LogP contribution in [0.3, 0.4) is 0 Å². The Hall–Kier alpha value is -1.44. The number of allylic oxidation sites excluding steroid dienone is 2. The quantitative estimate of drug-likeness (QED) is 0.737. The molecule has 0 aliphatic carbocycles. The van der Waals surface area contributed by atoms with Crippen LogP contribution in [0.1, 0.15) is 25.0 Å². The normalized spacial score (nSPS) is 14.7. The third-order valence-electron chi connectivity index (χ3n) is 2.86. The van der Waals surface area contributed by atoms with Crippen molar-refractivity contribution in [1.82, 2.24) is 0 Å². The molecule has 80 valence electrons. The molecule has 2 heteroatoms. The molecule has 1 heterocycles. The maximum Gasteiger partial charge on any atom is 0.164 e. The van der Waals surface area contributed by atoms with Crippen LogP contribution in [0.5, 0.6) is 11.5 Å². The lowest BCUT2D eigenvalue weighted by Gasteiger charge is -2.10. The second-order valence-corrected chi connectivity index (χ2v) is 3.74.